The van der Waals surface area contributed by atoms with Crippen molar-refractivity contribution in [3.05, 3.63) is 28.8 Å². The number of halogens is 4. The van der Waals surface area contributed by atoms with Crippen LogP contribution < -0.4 is 10.2 Å². The van der Waals surface area contributed by atoms with Crippen LogP contribution in [0, 0.1) is 0 Å². The largest absolute Gasteiger partial charge is 0.405 e. The van der Waals surface area contributed by atoms with E-state index in [-0.39, 0.29) is 12.6 Å². The first kappa shape index (κ1) is 18.1. The van der Waals surface area contributed by atoms with Crippen LogP contribution >= 0.6 is 11.6 Å². The van der Waals surface area contributed by atoms with Crippen molar-refractivity contribution in [3.63, 3.8) is 0 Å². The maximum absolute atomic E-state index is 12.5. The molecule has 21 heavy (non-hydrogen) atoms. The van der Waals surface area contributed by atoms with Crippen molar-refractivity contribution in [1.29, 1.82) is 0 Å². The van der Waals surface area contributed by atoms with Crippen LogP contribution in [-0.4, -0.2) is 25.8 Å². The molecule has 6 heteroatoms. The second kappa shape index (κ2) is 7.90. The molecule has 0 radical (unpaired) electrons. The monoisotopic (exact) mass is 322 g/mol. The predicted molar refractivity (Wildman–Crippen MR) is 82.1 cm³/mol. The van der Waals surface area contributed by atoms with Gasteiger partial charge in [0.15, 0.2) is 0 Å². The Bertz CT molecular complexity index is 449. The summed E-state index contributed by atoms with van der Waals surface area (Å²) in [6.45, 7) is 5.93. The minimum atomic E-state index is -4.23. The molecule has 1 atom stereocenters. The van der Waals surface area contributed by atoms with E-state index in [4.69, 9.17) is 11.6 Å². The third kappa shape index (κ3) is 5.75. The summed E-state index contributed by atoms with van der Waals surface area (Å²) >= 11 is 6.23. The minimum Gasteiger partial charge on any atom is -0.363 e. The summed E-state index contributed by atoms with van der Waals surface area (Å²) in [5, 5.41) is 3.80. The van der Waals surface area contributed by atoms with Gasteiger partial charge in [-0.2, -0.15) is 13.2 Å². The minimum absolute atomic E-state index is 0.0733. The van der Waals surface area contributed by atoms with Gasteiger partial charge in [0.25, 0.3) is 0 Å². The highest BCUT2D eigenvalue weighted by molar-refractivity contribution is 6.31. The van der Waals surface area contributed by atoms with E-state index in [0.29, 0.717) is 10.7 Å². The molecule has 0 aliphatic carbocycles. The van der Waals surface area contributed by atoms with Gasteiger partial charge in [0.2, 0.25) is 0 Å². The van der Waals surface area contributed by atoms with Gasteiger partial charge in [-0.15, -0.1) is 0 Å². The van der Waals surface area contributed by atoms with Gasteiger partial charge >= 0.3 is 6.18 Å². The van der Waals surface area contributed by atoms with Crippen molar-refractivity contribution in [2.75, 3.05) is 24.5 Å². The number of rotatable bonds is 7. The number of nitrogens with zero attached hydrogens (tertiary/aromatic N) is 1. The molecule has 0 spiro atoms. The summed E-state index contributed by atoms with van der Waals surface area (Å²) in [7, 11) is 0. The summed E-state index contributed by atoms with van der Waals surface area (Å²) in [6, 6.07) is 5.17. The van der Waals surface area contributed by atoms with E-state index >= 15 is 0 Å². The van der Waals surface area contributed by atoms with Crippen molar-refractivity contribution in [2.45, 2.75) is 39.4 Å². The quantitative estimate of drug-likeness (QED) is 0.776. The lowest BCUT2D eigenvalue weighted by Gasteiger charge is -2.25. The third-order valence-electron chi connectivity index (χ3n) is 3.27. The molecule has 0 bridgehead atoms. The summed E-state index contributed by atoms with van der Waals surface area (Å²) in [5.74, 6) is 0. The van der Waals surface area contributed by atoms with Gasteiger partial charge in [0, 0.05) is 23.3 Å². The van der Waals surface area contributed by atoms with E-state index in [9.17, 15) is 13.2 Å². The number of benzene rings is 1. The van der Waals surface area contributed by atoms with Gasteiger partial charge in [0.1, 0.15) is 6.54 Å². The molecule has 0 saturated carbocycles. The van der Waals surface area contributed by atoms with Crippen molar-refractivity contribution in [1.82, 2.24) is 5.32 Å². The maximum Gasteiger partial charge on any atom is 0.405 e. The lowest BCUT2D eigenvalue weighted by atomic mass is 10.1. The molecule has 1 rings (SSSR count). The fourth-order valence-corrected chi connectivity index (χ4v) is 2.48. The molecule has 120 valence electrons. The highest BCUT2D eigenvalue weighted by atomic mass is 35.5. The average Bonchev–Trinajstić information content (AvgIpc) is 2.41. The van der Waals surface area contributed by atoms with E-state index in [0.717, 1.165) is 18.5 Å². The Morgan fingerprint density at radius 3 is 2.43 bits per heavy atom. The fraction of sp³-hybridized carbons (Fsp3) is 0.600. The maximum atomic E-state index is 12.5. The van der Waals surface area contributed by atoms with Crippen LogP contribution in [0.5, 0.6) is 0 Å². The van der Waals surface area contributed by atoms with Crippen LogP contribution in [0.15, 0.2) is 18.2 Å². The van der Waals surface area contributed by atoms with Crippen LogP contribution in [0.3, 0.4) is 0 Å². The van der Waals surface area contributed by atoms with Crippen molar-refractivity contribution in [2.24, 2.45) is 0 Å². The van der Waals surface area contributed by atoms with Crippen LogP contribution in [0.4, 0.5) is 18.9 Å². The predicted octanol–water partition coefficient (Wildman–Crippen LogP) is 4.79. The number of hydrogen-bond donors (Lipinski definition) is 1. The molecule has 0 fully saturated rings. The number of hydrogen-bond acceptors (Lipinski definition) is 2. The van der Waals surface area contributed by atoms with Crippen LogP contribution in [-0.2, 0) is 0 Å². The molecule has 0 saturated heterocycles. The summed E-state index contributed by atoms with van der Waals surface area (Å²) < 4.78 is 37.6. The molecule has 1 aromatic rings. The smallest absolute Gasteiger partial charge is 0.363 e. The van der Waals surface area contributed by atoms with Gasteiger partial charge in [-0.1, -0.05) is 24.6 Å². The summed E-state index contributed by atoms with van der Waals surface area (Å²) in [5.41, 5.74) is 1.39. The Morgan fingerprint density at radius 1 is 1.29 bits per heavy atom. The Labute approximate surface area is 129 Å². The molecular weight excluding hydrogens is 301 g/mol. The Kier molecular flexibility index (Phi) is 6.81. The van der Waals surface area contributed by atoms with E-state index in [1.54, 1.807) is 25.1 Å². The molecule has 0 amide bonds. The van der Waals surface area contributed by atoms with Crippen LogP contribution in [0.2, 0.25) is 5.02 Å². The van der Waals surface area contributed by atoms with Crippen molar-refractivity contribution < 1.29 is 13.2 Å². The highest BCUT2D eigenvalue weighted by Gasteiger charge is 2.30. The SMILES string of the molecule is CCCNC(C)c1ccc(N(CC)CC(F)(F)F)cc1Cl. The normalized spacial score (nSPS) is 13.3. The summed E-state index contributed by atoms with van der Waals surface area (Å²) in [4.78, 5) is 1.26. The van der Waals surface area contributed by atoms with E-state index in [2.05, 4.69) is 12.2 Å². The molecule has 1 aromatic carbocycles. The number of alkyl halides is 3. The van der Waals surface area contributed by atoms with E-state index < -0.39 is 12.7 Å². The van der Waals surface area contributed by atoms with Crippen LogP contribution in [0.25, 0.3) is 0 Å². The Balaban J connectivity index is 2.90. The Hall–Kier alpha value is -0.940. The van der Waals surface area contributed by atoms with Gasteiger partial charge in [-0.05, 0) is 44.5 Å². The van der Waals surface area contributed by atoms with Crippen LogP contribution in [0.1, 0.15) is 38.8 Å². The van der Waals surface area contributed by atoms with E-state index in [1.807, 2.05) is 6.92 Å². The Morgan fingerprint density at radius 2 is 1.95 bits per heavy atom. The lowest BCUT2D eigenvalue weighted by Crippen LogP contribution is -2.34. The molecule has 0 heterocycles. The lowest BCUT2D eigenvalue weighted by molar-refractivity contribution is -0.119. The molecule has 0 aliphatic heterocycles. The zero-order chi connectivity index (χ0) is 16.0. The molecule has 1 N–H and O–H groups in total. The van der Waals surface area contributed by atoms with Gasteiger partial charge < -0.3 is 10.2 Å². The molecule has 0 aromatic heterocycles. The molecular formula is C15H22ClF3N2. The number of anilines is 1. The second-order valence-corrected chi connectivity index (χ2v) is 5.42. The first-order chi connectivity index (χ1) is 9.78. The van der Waals surface area contributed by atoms with Crippen molar-refractivity contribution in [3.8, 4) is 0 Å². The topological polar surface area (TPSA) is 15.3 Å². The standard InChI is InChI=1S/C15H22ClF3N2/c1-4-8-20-11(3)13-7-6-12(9-14(13)16)21(5-2)10-15(17,18)19/h6-7,9,11,20H,4-5,8,10H2,1-3H3. The zero-order valence-corrected chi connectivity index (χ0v) is 13.4. The zero-order valence-electron chi connectivity index (χ0n) is 12.6. The fourth-order valence-electron chi connectivity index (χ4n) is 2.14. The third-order valence-corrected chi connectivity index (χ3v) is 3.60. The highest BCUT2D eigenvalue weighted by Crippen LogP contribution is 2.29. The first-order valence-corrected chi connectivity index (χ1v) is 7.50. The van der Waals surface area contributed by atoms with Gasteiger partial charge in [-0.3, -0.25) is 0 Å². The molecule has 2 nitrogen and oxygen atoms in total. The number of nitrogens with one attached hydrogen (secondary N) is 1. The van der Waals surface area contributed by atoms with Gasteiger partial charge in [-0.25, -0.2) is 0 Å². The summed E-state index contributed by atoms with van der Waals surface area (Å²) in [6.07, 6.45) is -3.22. The second-order valence-electron chi connectivity index (χ2n) is 5.01. The van der Waals surface area contributed by atoms with Gasteiger partial charge in [0.05, 0.1) is 0 Å². The van der Waals surface area contributed by atoms with Crippen molar-refractivity contribution >= 4 is 17.3 Å². The molecule has 1 unspecified atom stereocenters. The first-order valence-electron chi connectivity index (χ1n) is 7.13. The average molecular weight is 323 g/mol. The molecule has 0 aliphatic rings. The van der Waals surface area contributed by atoms with E-state index in [1.165, 1.54) is 4.90 Å².